The number of aliphatic carboxylic acids is 1. The Morgan fingerprint density at radius 1 is 1.04 bits per heavy atom. The number of carboxylic acids is 1. The van der Waals surface area contributed by atoms with Crippen LogP contribution in [0.15, 0.2) is 30.6 Å². The molecule has 1 aromatic carbocycles. The molecule has 11 nitrogen and oxygen atoms in total. The van der Waals surface area contributed by atoms with Crippen LogP contribution in [0.4, 0.5) is 29.8 Å². The Bertz CT molecular complexity index is 1600. The van der Waals surface area contributed by atoms with E-state index >= 15 is 0 Å². The molecule has 0 aliphatic carbocycles. The number of carbonyl (C=O) groups excluding carboxylic acids is 2. The Hall–Kier alpha value is -2.82. The zero-order chi connectivity index (χ0) is 33.8. The van der Waals surface area contributed by atoms with Gasteiger partial charge in [0.2, 0.25) is 0 Å². The van der Waals surface area contributed by atoms with E-state index in [-0.39, 0.29) is 46.1 Å². The van der Waals surface area contributed by atoms with Crippen LogP contribution < -0.4 is 49.8 Å². The third-order valence-corrected chi connectivity index (χ3v) is 10.3. The van der Waals surface area contributed by atoms with Crippen molar-refractivity contribution in [3.8, 4) is 11.3 Å². The summed E-state index contributed by atoms with van der Waals surface area (Å²) in [5.41, 5.74) is 0.198. The molecule has 3 aliphatic heterocycles. The maximum atomic E-state index is 14.4. The van der Waals surface area contributed by atoms with Gasteiger partial charge in [0.05, 0.1) is 36.9 Å². The maximum absolute atomic E-state index is 14.4. The Morgan fingerprint density at radius 2 is 1.80 bits per heavy atom. The van der Waals surface area contributed by atoms with Crippen molar-refractivity contribution in [3.05, 3.63) is 46.7 Å². The van der Waals surface area contributed by atoms with Crippen LogP contribution in [0, 0.1) is 5.92 Å². The van der Waals surface area contributed by atoms with E-state index in [0.29, 0.717) is 81.9 Å². The number of thiazole rings is 1. The fourth-order valence-corrected chi connectivity index (χ4v) is 7.79. The van der Waals surface area contributed by atoms with E-state index in [4.69, 9.17) is 4.74 Å². The van der Waals surface area contributed by atoms with E-state index in [1.165, 1.54) is 35.9 Å². The van der Waals surface area contributed by atoms with E-state index < -0.39 is 29.5 Å². The molecule has 0 unspecified atom stereocenters. The summed E-state index contributed by atoms with van der Waals surface area (Å²) >= 11 is 1.26. The predicted molar refractivity (Wildman–Crippen MR) is 174 cm³/mol. The SMILES string of the molecule is CCC[C@@H]1CCCN1Cc1sc(NC(=O)c2cnc(N3CCC(C(=O)[O-])CC3)cn2)nc1-c1ccc(N2CCOCC2)c(C(F)(F)F)c1.[Na+]. The first-order valence-electron chi connectivity index (χ1n) is 16.5. The molecule has 3 aromatic rings. The Balaban J connectivity index is 0.00000468. The minimum atomic E-state index is -4.58. The minimum absolute atomic E-state index is 0. The molecule has 0 bridgehead atoms. The number of rotatable bonds is 10. The van der Waals surface area contributed by atoms with Gasteiger partial charge in [-0.2, -0.15) is 13.2 Å². The Labute approximate surface area is 309 Å². The number of aromatic nitrogens is 3. The molecule has 1 N–H and O–H groups in total. The molecule has 0 saturated carbocycles. The molecule has 2 aromatic heterocycles. The van der Waals surface area contributed by atoms with Gasteiger partial charge in [-0.15, -0.1) is 0 Å². The van der Waals surface area contributed by atoms with E-state index in [2.05, 4.69) is 32.1 Å². The molecular formula is C33H39F3N7NaO4S. The minimum Gasteiger partial charge on any atom is -0.550 e. The van der Waals surface area contributed by atoms with Crippen LogP contribution in [0.1, 0.15) is 66.4 Å². The second kappa shape index (κ2) is 16.5. The molecule has 258 valence electrons. The summed E-state index contributed by atoms with van der Waals surface area (Å²) in [6.45, 7) is 6.01. The van der Waals surface area contributed by atoms with Crippen LogP contribution in [0.5, 0.6) is 0 Å². The molecule has 3 aliphatic rings. The van der Waals surface area contributed by atoms with Crippen molar-refractivity contribution < 1.29 is 62.2 Å². The smallest absolute Gasteiger partial charge is 0.550 e. The monoisotopic (exact) mass is 709 g/mol. The first kappa shape index (κ1) is 37.4. The first-order valence-corrected chi connectivity index (χ1v) is 17.3. The molecule has 0 spiro atoms. The van der Waals surface area contributed by atoms with Gasteiger partial charge in [0.1, 0.15) is 11.5 Å². The van der Waals surface area contributed by atoms with Gasteiger partial charge in [0.15, 0.2) is 5.13 Å². The maximum Gasteiger partial charge on any atom is 1.00 e. The number of nitrogens with one attached hydrogen (secondary N) is 1. The average molecular weight is 710 g/mol. The molecule has 49 heavy (non-hydrogen) atoms. The topological polar surface area (TPSA) is 127 Å². The number of morpholine rings is 1. The van der Waals surface area contributed by atoms with Crippen LogP contribution >= 0.6 is 11.3 Å². The number of hydrogen-bond acceptors (Lipinski definition) is 11. The van der Waals surface area contributed by atoms with Gasteiger partial charge in [-0.25, -0.2) is 15.0 Å². The van der Waals surface area contributed by atoms with E-state index in [0.717, 1.165) is 37.1 Å². The molecule has 16 heteroatoms. The number of carbonyl (C=O) groups is 2. The van der Waals surface area contributed by atoms with Crippen LogP contribution in [0.2, 0.25) is 0 Å². The summed E-state index contributed by atoms with van der Waals surface area (Å²) in [4.78, 5) is 44.5. The van der Waals surface area contributed by atoms with Crippen molar-refractivity contribution in [2.45, 2.75) is 64.2 Å². The van der Waals surface area contributed by atoms with Gasteiger partial charge < -0.3 is 24.4 Å². The van der Waals surface area contributed by atoms with E-state index in [1.807, 2.05) is 4.90 Å². The largest absolute Gasteiger partial charge is 1.00 e. The van der Waals surface area contributed by atoms with Gasteiger partial charge in [0, 0.05) is 66.8 Å². The summed E-state index contributed by atoms with van der Waals surface area (Å²) in [5, 5.41) is 14.2. The Kier molecular flexibility index (Phi) is 12.6. The number of nitrogens with zero attached hydrogens (tertiary/aromatic N) is 6. The molecule has 5 heterocycles. The number of alkyl halides is 3. The fourth-order valence-electron chi connectivity index (χ4n) is 6.78. The second-order valence-corrected chi connectivity index (χ2v) is 13.6. The number of carboxylic acid groups (broad SMARTS) is 1. The molecule has 3 saturated heterocycles. The standard InChI is InChI=1S/C33H40F3N7O4S.Na/c1-2-4-23-5-3-10-43(23)20-27-29(22-6-7-26(24(17-22)33(34,35)36)41-13-15-47-16-14-41)39-32(48-27)40-30(44)25-18-38-28(19-37-25)42-11-8-21(9-12-42)31(45)46;/h6-7,17-19,21,23H,2-5,8-16,20H2,1H3,(H,45,46)(H,39,40,44);/q;+1/p-1/t23-;/m1./s1. The van der Waals surface area contributed by atoms with Gasteiger partial charge in [-0.05, 0) is 50.8 Å². The van der Waals surface area contributed by atoms with Crippen molar-refractivity contribution in [2.75, 3.05) is 61.1 Å². The average Bonchev–Trinajstić information content (AvgIpc) is 3.71. The number of piperidine rings is 1. The van der Waals surface area contributed by atoms with Crippen molar-refractivity contribution in [1.29, 1.82) is 0 Å². The molecule has 1 amide bonds. The number of likely N-dealkylation sites (tertiary alicyclic amines) is 1. The molecular weight excluding hydrogens is 670 g/mol. The van der Waals surface area contributed by atoms with Crippen molar-refractivity contribution >= 4 is 39.9 Å². The first-order chi connectivity index (χ1) is 23.1. The van der Waals surface area contributed by atoms with Gasteiger partial charge >= 0.3 is 35.7 Å². The summed E-state index contributed by atoms with van der Waals surface area (Å²) in [7, 11) is 0. The molecule has 3 fully saturated rings. The van der Waals surface area contributed by atoms with Gasteiger partial charge in [-0.3, -0.25) is 15.0 Å². The van der Waals surface area contributed by atoms with Gasteiger partial charge in [-0.1, -0.05) is 30.7 Å². The van der Waals surface area contributed by atoms with Crippen LogP contribution in [0.25, 0.3) is 11.3 Å². The number of hydrogen-bond donors (Lipinski definition) is 1. The molecule has 1 atom stereocenters. The fraction of sp³-hybridized carbons (Fsp3) is 0.545. The number of anilines is 3. The normalized spacial score (nSPS) is 19.1. The third kappa shape index (κ3) is 8.92. The summed E-state index contributed by atoms with van der Waals surface area (Å²) in [6.07, 6.45) is 3.33. The zero-order valence-corrected chi connectivity index (χ0v) is 30.6. The van der Waals surface area contributed by atoms with E-state index in [1.54, 1.807) is 11.0 Å². The number of amides is 1. The summed E-state index contributed by atoms with van der Waals surface area (Å²) in [5.74, 6) is -1.54. The third-order valence-electron chi connectivity index (χ3n) is 9.34. The van der Waals surface area contributed by atoms with E-state index in [9.17, 15) is 27.9 Å². The number of ether oxygens (including phenoxy) is 1. The summed E-state index contributed by atoms with van der Waals surface area (Å²) < 4.78 is 48.7. The van der Waals surface area contributed by atoms with Crippen molar-refractivity contribution in [3.63, 3.8) is 0 Å². The number of benzene rings is 1. The van der Waals surface area contributed by atoms with Crippen LogP contribution in [-0.4, -0.2) is 83.7 Å². The van der Waals surface area contributed by atoms with Crippen LogP contribution in [-0.2, 0) is 22.3 Å². The Morgan fingerprint density at radius 3 is 2.45 bits per heavy atom. The van der Waals surface area contributed by atoms with Crippen molar-refractivity contribution in [1.82, 2.24) is 19.9 Å². The quantitative estimate of drug-likeness (QED) is 0.309. The summed E-state index contributed by atoms with van der Waals surface area (Å²) in [6, 6.07) is 4.75. The van der Waals surface area contributed by atoms with Crippen molar-refractivity contribution in [2.24, 2.45) is 5.92 Å². The zero-order valence-electron chi connectivity index (χ0n) is 27.8. The number of halogens is 3. The van der Waals surface area contributed by atoms with Crippen LogP contribution in [0.3, 0.4) is 0 Å². The molecule has 6 rings (SSSR count). The van der Waals surface area contributed by atoms with Gasteiger partial charge in [0.25, 0.3) is 5.91 Å². The molecule has 0 radical (unpaired) electrons. The predicted octanol–water partition coefficient (Wildman–Crippen LogP) is 1.44. The second-order valence-electron chi connectivity index (χ2n) is 12.5.